The highest BCUT2D eigenvalue weighted by Crippen LogP contribution is 2.33. The van der Waals surface area contributed by atoms with E-state index in [1.54, 1.807) is 0 Å². The predicted molar refractivity (Wildman–Crippen MR) is 68.2 cm³/mol. The van der Waals surface area contributed by atoms with Crippen molar-refractivity contribution in [1.82, 2.24) is 0 Å². The Balaban J connectivity index is 2.33. The quantitative estimate of drug-likeness (QED) is 0.517. The minimum atomic E-state index is -5.45. The van der Waals surface area contributed by atoms with Gasteiger partial charge in [-0.3, -0.25) is 4.55 Å². The van der Waals surface area contributed by atoms with Crippen LogP contribution in [-0.2, 0) is 10.1 Å². The lowest BCUT2D eigenvalue weighted by molar-refractivity contribution is 0.189. The smallest absolute Gasteiger partial charge is 0.300 e. The van der Waals surface area contributed by atoms with E-state index in [-0.39, 0.29) is 12.5 Å². The molecule has 1 aliphatic carbocycles. The average Bonchev–Trinajstić information content (AvgIpc) is 2.45. The summed E-state index contributed by atoms with van der Waals surface area (Å²) in [5.74, 6) is -9.68. The summed E-state index contributed by atoms with van der Waals surface area (Å²) in [6.45, 7) is -0.127. The number of hydrogen-bond donors (Lipinski definition) is 1. The van der Waals surface area contributed by atoms with Crippen LogP contribution in [0.4, 0.5) is 17.6 Å². The van der Waals surface area contributed by atoms with Crippen molar-refractivity contribution in [3.05, 3.63) is 23.3 Å². The molecule has 2 rings (SSSR count). The molecule has 0 bridgehead atoms. The van der Waals surface area contributed by atoms with Crippen LogP contribution in [0.1, 0.15) is 32.1 Å². The first-order chi connectivity index (χ1) is 10.2. The van der Waals surface area contributed by atoms with Gasteiger partial charge in [-0.15, -0.1) is 0 Å². The van der Waals surface area contributed by atoms with E-state index >= 15 is 0 Å². The molecule has 0 aliphatic heterocycles. The fourth-order valence-electron chi connectivity index (χ4n) is 2.50. The van der Waals surface area contributed by atoms with Crippen molar-refractivity contribution in [2.75, 3.05) is 6.61 Å². The minimum Gasteiger partial charge on any atom is -0.487 e. The molecular formula is C13H14F4O4S. The van der Waals surface area contributed by atoms with E-state index in [9.17, 15) is 26.0 Å². The van der Waals surface area contributed by atoms with Crippen LogP contribution >= 0.6 is 0 Å². The van der Waals surface area contributed by atoms with Crippen LogP contribution in [0.2, 0.25) is 0 Å². The minimum absolute atomic E-state index is 0.0138. The summed E-state index contributed by atoms with van der Waals surface area (Å²) in [5.41, 5.74) is 0. The molecule has 22 heavy (non-hydrogen) atoms. The zero-order chi connectivity index (χ0) is 16.5. The lowest BCUT2D eigenvalue weighted by Gasteiger charge is -2.22. The third kappa shape index (κ3) is 3.35. The van der Waals surface area contributed by atoms with E-state index in [4.69, 9.17) is 9.29 Å². The fourth-order valence-corrected chi connectivity index (χ4v) is 3.13. The van der Waals surface area contributed by atoms with E-state index in [1.807, 2.05) is 0 Å². The zero-order valence-electron chi connectivity index (χ0n) is 11.4. The maximum atomic E-state index is 13.7. The van der Waals surface area contributed by atoms with Crippen molar-refractivity contribution >= 4 is 10.1 Å². The second-order valence-electron chi connectivity index (χ2n) is 5.20. The SMILES string of the molecule is O=S(=O)(O)c1c(F)c(F)c(OCC2CCCCC2)c(F)c1F. The number of rotatable bonds is 4. The molecule has 1 saturated carbocycles. The molecule has 1 aromatic carbocycles. The molecule has 9 heteroatoms. The highest BCUT2D eigenvalue weighted by Gasteiger charge is 2.33. The van der Waals surface area contributed by atoms with Crippen LogP contribution in [0, 0.1) is 29.2 Å². The summed E-state index contributed by atoms with van der Waals surface area (Å²) < 4.78 is 89.6. The maximum Gasteiger partial charge on any atom is 0.300 e. The van der Waals surface area contributed by atoms with E-state index in [1.165, 1.54) is 0 Å². The average molecular weight is 342 g/mol. The largest absolute Gasteiger partial charge is 0.487 e. The molecular weight excluding hydrogens is 328 g/mol. The van der Waals surface area contributed by atoms with Crippen molar-refractivity contribution in [2.24, 2.45) is 5.92 Å². The van der Waals surface area contributed by atoms with E-state index in [0.717, 1.165) is 32.1 Å². The molecule has 0 unspecified atom stereocenters. The lowest BCUT2D eigenvalue weighted by Crippen LogP contribution is -2.18. The van der Waals surface area contributed by atoms with Gasteiger partial charge in [0.25, 0.3) is 0 Å². The highest BCUT2D eigenvalue weighted by atomic mass is 32.2. The van der Waals surface area contributed by atoms with Gasteiger partial charge in [-0.25, -0.2) is 8.78 Å². The van der Waals surface area contributed by atoms with E-state index < -0.39 is 44.0 Å². The number of benzene rings is 1. The van der Waals surface area contributed by atoms with Crippen LogP contribution in [0.3, 0.4) is 0 Å². The first kappa shape index (κ1) is 17.0. The third-order valence-electron chi connectivity index (χ3n) is 3.63. The van der Waals surface area contributed by atoms with Crippen molar-refractivity contribution in [1.29, 1.82) is 0 Å². The maximum absolute atomic E-state index is 13.7. The normalized spacial score (nSPS) is 16.8. The molecule has 0 atom stereocenters. The van der Waals surface area contributed by atoms with Gasteiger partial charge in [0.2, 0.25) is 11.6 Å². The van der Waals surface area contributed by atoms with Gasteiger partial charge in [-0.2, -0.15) is 17.2 Å². The lowest BCUT2D eigenvalue weighted by atomic mass is 9.90. The Bertz CT molecular complexity index is 640. The molecule has 4 nitrogen and oxygen atoms in total. The topological polar surface area (TPSA) is 63.6 Å². The third-order valence-corrected chi connectivity index (χ3v) is 4.50. The van der Waals surface area contributed by atoms with Crippen molar-refractivity contribution in [3.63, 3.8) is 0 Å². The summed E-state index contributed by atoms with van der Waals surface area (Å²) in [5, 5.41) is 0. The van der Waals surface area contributed by atoms with Crippen LogP contribution < -0.4 is 4.74 Å². The second-order valence-corrected chi connectivity index (χ2v) is 6.56. The van der Waals surface area contributed by atoms with Gasteiger partial charge in [-0.1, -0.05) is 19.3 Å². The van der Waals surface area contributed by atoms with Crippen molar-refractivity contribution in [3.8, 4) is 5.75 Å². The molecule has 124 valence electrons. The van der Waals surface area contributed by atoms with Crippen LogP contribution in [0.5, 0.6) is 5.75 Å². The van der Waals surface area contributed by atoms with Gasteiger partial charge >= 0.3 is 10.1 Å². The molecule has 0 spiro atoms. The molecule has 0 aromatic heterocycles. The Morgan fingerprint density at radius 3 is 1.91 bits per heavy atom. The fraction of sp³-hybridized carbons (Fsp3) is 0.538. The monoisotopic (exact) mass is 342 g/mol. The Morgan fingerprint density at radius 1 is 0.955 bits per heavy atom. The number of hydrogen-bond acceptors (Lipinski definition) is 3. The first-order valence-corrected chi connectivity index (χ1v) is 8.13. The van der Waals surface area contributed by atoms with E-state index in [2.05, 4.69) is 0 Å². The van der Waals surface area contributed by atoms with Gasteiger partial charge in [0, 0.05) is 0 Å². The molecule has 0 radical (unpaired) electrons. The van der Waals surface area contributed by atoms with Gasteiger partial charge in [0.05, 0.1) is 6.61 Å². The molecule has 0 saturated heterocycles. The van der Waals surface area contributed by atoms with Crippen molar-refractivity contribution < 1.29 is 35.3 Å². The van der Waals surface area contributed by atoms with Crippen LogP contribution in [0.25, 0.3) is 0 Å². The standard InChI is InChI=1S/C13H14F4O4S/c14-8-10(16)13(22(18,19)20)11(17)9(15)12(8)21-6-7-4-2-1-3-5-7/h7H,1-6H2,(H,18,19,20). The predicted octanol–water partition coefficient (Wildman–Crippen LogP) is 3.45. The molecule has 1 fully saturated rings. The molecule has 0 heterocycles. The summed E-state index contributed by atoms with van der Waals surface area (Å²) in [4.78, 5) is -2.06. The molecule has 1 aromatic rings. The van der Waals surface area contributed by atoms with E-state index in [0.29, 0.717) is 0 Å². The summed E-state index contributed by atoms with van der Waals surface area (Å²) in [6.07, 6.45) is 4.47. The molecule has 1 aliphatic rings. The summed E-state index contributed by atoms with van der Waals surface area (Å²) in [6, 6.07) is 0. The zero-order valence-corrected chi connectivity index (χ0v) is 12.2. The van der Waals surface area contributed by atoms with Crippen LogP contribution in [0.15, 0.2) is 4.90 Å². The second kappa shape index (κ2) is 6.41. The van der Waals surface area contributed by atoms with Crippen LogP contribution in [-0.4, -0.2) is 19.6 Å². The van der Waals surface area contributed by atoms with Gasteiger partial charge < -0.3 is 4.74 Å². The van der Waals surface area contributed by atoms with Gasteiger partial charge in [-0.05, 0) is 18.8 Å². The Labute approximate surface area is 124 Å². The molecule has 1 N–H and O–H groups in total. The Hall–Kier alpha value is -1.35. The highest BCUT2D eigenvalue weighted by molar-refractivity contribution is 7.85. The van der Waals surface area contributed by atoms with Crippen molar-refractivity contribution in [2.45, 2.75) is 37.0 Å². The Morgan fingerprint density at radius 2 is 1.45 bits per heavy atom. The van der Waals surface area contributed by atoms with Gasteiger partial charge in [0.15, 0.2) is 22.3 Å². The Kier molecular flexibility index (Phi) is 4.96. The summed E-state index contributed by atoms with van der Waals surface area (Å²) in [7, 11) is -5.45. The summed E-state index contributed by atoms with van der Waals surface area (Å²) >= 11 is 0. The number of ether oxygens (including phenoxy) is 1. The first-order valence-electron chi connectivity index (χ1n) is 6.69. The molecule has 0 amide bonds. The number of halogens is 4. The van der Waals surface area contributed by atoms with Gasteiger partial charge in [0.1, 0.15) is 0 Å².